The molecule has 0 saturated carbocycles. The van der Waals surface area contributed by atoms with Crippen molar-refractivity contribution in [2.75, 3.05) is 18.4 Å². The molecule has 0 aliphatic heterocycles. The first-order chi connectivity index (χ1) is 14.4. The quantitative estimate of drug-likeness (QED) is 0.563. The van der Waals surface area contributed by atoms with Crippen LogP contribution in [0.4, 0.5) is 5.82 Å². The largest absolute Gasteiger partial charge is 0.367 e. The number of nitrogens with zero attached hydrogens (tertiary/aromatic N) is 4. The summed E-state index contributed by atoms with van der Waals surface area (Å²) in [5.74, 6) is 1.22. The third-order valence-corrected chi connectivity index (χ3v) is 6.69. The Morgan fingerprint density at radius 1 is 0.967 bits per heavy atom. The monoisotopic (exact) mass is 426 g/mol. The van der Waals surface area contributed by atoms with E-state index in [-0.39, 0.29) is 6.54 Å². The molecule has 0 spiro atoms. The van der Waals surface area contributed by atoms with E-state index in [1.807, 2.05) is 38.1 Å². The highest BCUT2D eigenvalue weighted by molar-refractivity contribution is 7.89. The minimum atomic E-state index is -3.53. The lowest BCUT2D eigenvalue weighted by Crippen LogP contribution is -2.29. The van der Waals surface area contributed by atoms with Crippen molar-refractivity contribution in [2.24, 2.45) is 0 Å². The van der Waals surface area contributed by atoms with Crippen LogP contribution < -0.4 is 10.0 Å². The highest BCUT2D eigenvalue weighted by Crippen LogP contribution is 2.24. The maximum atomic E-state index is 12.6. The van der Waals surface area contributed by atoms with Gasteiger partial charge in [-0.3, -0.25) is 0 Å². The number of aryl methyl sites for hydroxylation is 4. The number of benzene rings is 1. The molecular weight excluding hydrogens is 400 g/mol. The van der Waals surface area contributed by atoms with Crippen molar-refractivity contribution in [1.82, 2.24) is 24.7 Å². The van der Waals surface area contributed by atoms with Gasteiger partial charge in [0.2, 0.25) is 10.0 Å². The molecule has 1 aliphatic rings. The van der Waals surface area contributed by atoms with Gasteiger partial charge in [0.05, 0.1) is 10.6 Å². The van der Waals surface area contributed by atoms with Crippen LogP contribution in [0.1, 0.15) is 35.4 Å². The van der Waals surface area contributed by atoms with Crippen LogP contribution in [0.2, 0.25) is 0 Å². The molecule has 0 atom stereocenters. The van der Waals surface area contributed by atoms with E-state index in [0.717, 1.165) is 36.2 Å². The van der Waals surface area contributed by atoms with Gasteiger partial charge in [-0.25, -0.2) is 17.8 Å². The standard InChI is InChI=1S/C21H26N6O2S/c1-15-13-16(2)27(26-15)21-10-9-20(24-25-21)22-11-12-23-30(28,29)19-8-7-17-5-3-4-6-18(17)14-19/h7-10,13-14,23H,3-6,11-12H2,1-2H3,(H,22,24). The maximum Gasteiger partial charge on any atom is 0.240 e. The van der Waals surface area contributed by atoms with Crippen molar-refractivity contribution in [2.45, 2.75) is 44.4 Å². The summed E-state index contributed by atoms with van der Waals surface area (Å²) in [6.45, 7) is 4.54. The molecule has 0 unspecified atom stereocenters. The normalized spacial score (nSPS) is 13.8. The first kappa shape index (κ1) is 20.5. The van der Waals surface area contributed by atoms with E-state index in [2.05, 4.69) is 25.3 Å². The summed E-state index contributed by atoms with van der Waals surface area (Å²) in [4.78, 5) is 0.331. The predicted molar refractivity (Wildman–Crippen MR) is 115 cm³/mol. The lowest BCUT2D eigenvalue weighted by atomic mass is 9.92. The van der Waals surface area contributed by atoms with Gasteiger partial charge in [-0.1, -0.05) is 6.07 Å². The Bertz CT molecular complexity index is 1140. The minimum Gasteiger partial charge on any atom is -0.367 e. The number of anilines is 1. The number of sulfonamides is 1. The number of nitrogens with one attached hydrogen (secondary N) is 2. The lowest BCUT2D eigenvalue weighted by Gasteiger charge is -2.16. The Labute approximate surface area is 176 Å². The van der Waals surface area contributed by atoms with Crippen molar-refractivity contribution < 1.29 is 8.42 Å². The first-order valence-electron chi connectivity index (χ1n) is 10.1. The zero-order chi connectivity index (χ0) is 21.1. The molecule has 9 heteroatoms. The molecule has 0 bridgehead atoms. The van der Waals surface area contributed by atoms with Crippen LogP contribution in [0.5, 0.6) is 0 Å². The summed E-state index contributed by atoms with van der Waals surface area (Å²) in [5.41, 5.74) is 4.33. The number of hydrogen-bond acceptors (Lipinski definition) is 6. The van der Waals surface area contributed by atoms with Crippen molar-refractivity contribution in [1.29, 1.82) is 0 Å². The Hall–Kier alpha value is -2.78. The average molecular weight is 427 g/mol. The molecule has 1 aromatic carbocycles. The molecule has 8 nitrogen and oxygen atoms in total. The van der Waals surface area contributed by atoms with Crippen LogP contribution in [0.3, 0.4) is 0 Å². The topological polar surface area (TPSA) is 102 Å². The SMILES string of the molecule is Cc1cc(C)n(-c2ccc(NCCNS(=O)(=O)c3ccc4c(c3)CCCC4)nn2)n1. The molecule has 1 aliphatic carbocycles. The number of rotatable bonds is 7. The van der Waals surface area contributed by atoms with Crippen LogP contribution in [0.25, 0.3) is 5.82 Å². The summed E-state index contributed by atoms with van der Waals surface area (Å²) in [6, 6.07) is 11.1. The van der Waals surface area contributed by atoms with Gasteiger partial charge in [0.1, 0.15) is 5.82 Å². The molecule has 30 heavy (non-hydrogen) atoms. The highest BCUT2D eigenvalue weighted by atomic mass is 32.2. The van der Waals surface area contributed by atoms with Crippen molar-refractivity contribution in [3.63, 3.8) is 0 Å². The van der Waals surface area contributed by atoms with Gasteiger partial charge in [0, 0.05) is 18.8 Å². The zero-order valence-electron chi connectivity index (χ0n) is 17.2. The first-order valence-corrected chi connectivity index (χ1v) is 11.6. The van der Waals surface area contributed by atoms with Crippen molar-refractivity contribution in [3.8, 4) is 5.82 Å². The third kappa shape index (κ3) is 4.52. The second kappa shape index (κ2) is 8.53. The van der Waals surface area contributed by atoms with Gasteiger partial charge < -0.3 is 5.32 Å². The Balaban J connectivity index is 1.32. The summed E-state index contributed by atoms with van der Waals surface area (Å²) < 4.78 is 29.6. The van der Waals surface area contributed by atoms with Gasteiger partial charge in [0.25, 0.3) is 0 Å². The van der Waals surface area contributed by atoms with E-state index in [9.17, 15) is 8.42 Å². The number of hydrogen-bond donors (Lipinski definition) is 2. The number of aromatic nitrogens is 4. The number of fused-ring (bicyclic) bond motifs is 1. The van der Waals surface area contributed by atoms with Gasteiger partial charge in [0.15, 0.2) is 5.82 Å². The molecule has 4 rings (SSSR count). The maximum absolute atomic E-state index is 12.6. The molecule has 0 radical (unpaired) electrons. The van der Waals surface area contributed by atoms with Crippen LogP contribution in [-0.4, -0.2) is 41.5 Å². The van der Waals surface area contributed by atoms with Crippen LogP contribution >= 0.6 is 0 Å². The van der Waals surface area contributed by atoms with E-state index in [0.29, 0.717) is 23.1 Å². The van der Waals surface area contributed by atoms with Crippen molar-refractivity contribution >= 4 is 15.8 Å². The fourth-order valence-electron chi connectivity index (χ4n) is 3.73. The van der Waals surface area contributed by atoms with E-state index in [1.165, 1.54) is 12.0 Å². The molecule has 0 amide bonds. The summed E-state index contributed by atoms with van der Waals surface area (Å²) in [6.07, 6.45) is 4.28. The van der Waals surface area contributed by atoms with Gasteiger partial charge in [-0.05, 0) is 81.0 Å². The highest BCUT2D eigenvalue weighted by Gasteiger charge is 2.17. The minimum absolute atomic E-state index is 0.250. The fraction of sp³-hybridized carbons (Fsp3) is 0.381. The molecule has 0 saturated heterocycles. The van der Waals surface area contributed by atoms with Crippen LogP contribution in [0.15, 0.2) is 41.3 Å². The van der Waals surface area contributed by atoms with E-state index >= 15 is 0 Å². The Morgan fingerprint density at radius 3 is 2.47 bits per heavy atom. The Kier molecular flexibility index (Phi) is 5.83. The summed E-state index contributed by atoms with van der Waals surface area (Å²) in [5, 5.41) is 15.8. The smallest absolute Gasteiger partial charge is 0.240 e. The van der Waals surface area contributed by atoms with Crippen LogP contribution in [-0.2, 0) is 22.9 Å². The molecule has 2 heterocycles. The average Bonchev–Trinajstić information content (AvgIpc) is 3.09. The van der Waals surface area contributed by atoms with E-state index < -0.39 is 10.0 Å². The van der Waals surface area contributed by atoms with Gasteiger partial charge in [-0.2, -0.15) is 5.10 Å². The second-order valence-electron chi connectivity index (χ2n) is 7.58. The van der Waals surface area contributed by atoms with E-state index in [4.69, 9.17) is 0 Å². The van der Waals surface area contributed by atoms with Gasteiger partial charge in [-0.15, -0.1) is 10.2 Å². The molecule has 0 fully saturated rings. The molecule has 2 aromatic heterocycles. The van der Waals surface area contributed by atoms with Gasteiger partial charge >= 0.3 is 0 Å². The van der Waals surface area contributed by atoms with E-state index in [1.54, 1.807) is 16.8 Å². The van der Waals surface area contributed by atoms with Crippen molar-refractivity contribution in [3.05, 3.63) is 58.9 Å². The predicted octanol–water partition coefficient (Wildman–Crippen LogP) is 2.55. The zero-order valence-corrected chi connectivity index (χ0v) is 18.0. The molecule has 3 aromatic rings. The van der Waals surface area contributed by atoms with Crippen LogP contribution in [0, 0.1) is 13.8 Å². The third-order valence-electron chi connectivity index (χ3n) is 5.23. The second-order valence-corrected chi connectivity index (χ2v) is 9.34. The molecule has 158 valence electrons. The fourth-order valence-corrected chi connectivity index (χ4v) is 4.81. The summed E-state index contributed by atoms with van der Waals surface area (Å²) >= 11 is 0. The Morgan fingerprint density at radius 2 is 1.77 bits per heavy atom. The molecule has 2 N–H and O–H groups in total. The summed E-state index contributed by atoms with van der Waals surface area (Å²) in [7, 11) is -3.53. The molecular formula is C21H26N6O2S. The lowest BCUT2D eigenvalue weighted by molar-refractivity contribution is 0.582.